The normalized spacial score (nSPS) is 10.8. The first-order valence-corrected chi connectivity index (χ1v) is 7.11. The molecule has 6 heteroatoms. The van der Waals surface area contributed by atoms with E-state index >= 15 is 0 Å². The van der Waals surface area contributed by atoms with Gasteiger partial charge in [0.15, 0.2) is 0 Å². The van der Waals surface area contributed by atoms with Crippen LogP contribution in [0.3, 0.4) is 0 Å². The molecule has 0 spiro atoms. The molecule has 0 saturated carbocycles. The van der Waals surface area contributed by atoms with Crippen molar-refractivity contribution in [2.45, 2.75) is 20.0 Å². The molecule has 0 aliphatic carbocycles. The Labute approximate surface area is 125 Å². The minimum Gasteiger partial charge on any atom is -0.467 e. The number of ether oxygens (including phenoxy) is 1. The van der Waals surface area contributed by atoms with Crippen LogP contribution in [0.4, 0.5) is 5.95 Å². The van der Waals surface area contributed by atoms with E-state index in [4.69, 9.17) is 9.15 Å². The fraction of sp³-hybridized carbons (Fsp3) is 0.467. The number of aromatic nitrogens is 2. The van der Waals surface area contributed by atoms with Crippen molar-refractivity contribution < 1.29 is 9.15 Å². The van der Waals surface area contributed by atoms with Gasteiger partial charge in [0.2, 0.25) is 5.95 Å². The van der Waals surface area contributed by atoms with Crippen LogP contribution in [-0.4, -0.2) is 36.8 Å². The molecule has 2 aromatic heterocycles. The molecule has 0 atom stereocenters. The van der Waals surface area contributed by atoms with E-state index in [1.807, 2.05) is 24.5 Å². The second kappa shape index (κ2) is 8.39. The largest absolute Gasteiger partial charge is 0.467 e. The quantitative estimate of drug-likeness (QED) is 0.711. The number of hydrogen-bond acceptors (Lipinski definition) is 6. The van der Waals surface area contributed by atoms with E-state index in [1.165, 1.54) is 0 Å². The van der Waals surface area contributed by atoms with Gasteiger partial charge in [0.1, 0.15) is 5.76 Å². The summed E-state index contributed by atoms with van der Waals surface area (Å²) in [5.41, 5.74) is 1.06. The molecule has 1 N–H and O–H groups in total. The highest BCUT2D eigenvalue weighted by Gasteiger charge is 2.09. The Morgan fingerprint density at radius 2 is 2.14 bits per heavy atom. The summed E-state index contributed by atoms with van der Waals surface area (Å²) < 4.78 is 10.4. The Bertz CT molecular complexity index is 499. The fourth-order valence-electron chi connectivity index (χ4n) is 1.92. The summed E-state index contributed by atoms with van der Waals surface area (Å²) in [5, 5.41) is 3.27. The van der Waals surface area contributed by atoms with Gasteiger partial charge in [0.25, 0.3) is 0 Å². The van der Waals surface area contributed by atoms with Crippen molar-refractivity contribution in [1.29, 1.82) is 0 Å². The molecular weight excluding hydrogens is 268 g/mol. The van der Waals surface area contributed by atoms with Crippen LogP contribution < -0.4 is 10.2 Å². The van der Waals surface area contributed by atoms with Gasteiger partial charge in [-0.2, -0.15) is 0 Å². The average molecular weight is 290 g/mol. The average Bonchev–Trinajstić information content (AvgIpc) is 3.03. The van der Waals surface area contributed by atoms with Crippen LogP contribution in [0.1, 0.15) is 18.2 Å². The van der Waals surface area contributed by atoms with Gasteiger partial charge in [0.05, 0.1) is 19.4 Å². The van der Waals surface area contributed by atoms with E-state index in [2.05, 4.69) is 27.1 Å². The lowest BCUT2D eigenvalue weighted by Crippen LogP contribution is -2.24. The molecule has 2 rings (SSSR count). The maximum absolute atomic E-state index is 5.37. The van der Waals surface area contributed by atoms with E-state index in [1.54, 1.807) is 13.4 Å². The minimum atomic E-state index is 0.676. The molecule has 2 aromatic rings. The van der Waals surface area contributed by atoms with Gasteiger partial charge in [-0.15, -0.1) is 0 Å². The summed E-state index contributed by atoms with van der Waals surface area (Å²) in [6.45, 7) is 5.84. The molecule has 0 bridgehead atoms. The first-order valence-electron chi connectivity index (χ1n) is 7.11. The molecule has 0 aliphatic heterocycles. The van der Waals surface area contributed by atoms with Gasteiger partial charge in [0, 0.05) is 44.7 Å². The molecule has 0 aromatic carbocycles. The molecular formula is C15H22N4O2. The van der Waals surface area contributed by atoms with Crippen molar-refractivity contribution in [3.05, 3.63) is 42.1 Å². The Morgan fingerprint density at radius 3 is 2.76 bits per heavy atom. The number of nitrogens with one attached hydrogen (secondary N) is 1. The summed E-state index contributed by atoms with van der Waals surface area (Å²) in [5.74, 6) is 1.63. The maximum Gasteiger partial charge on any atom is 0.225 e. The third-order valence-corrected chi connectivity index (χ3v) is 3.10. The van der Waals surface area contributed by atoms with Crippen LogP contribution in [0.25, 0.3) is 0 Å². The monoisotopic (exact) mass is 290 g/mol. The summed E-state index contributed by atoms with van der Waals surface area (Å²) in [6, 6.07) is 3.84. The number of hydrogen-bond donors (Lipinski definition) is 1. The fourth-order valence-corrected chi connectivity index (χ4v) is 1.92. The molecule has 21 heavy (non-hydrogen) atoms. The predicted molar refractivity (Wildman–Crippen MR) is 81.0 cm³/mol. The SMILES string of the molecule is CCN(Cc1ccco1)c1ncc(CNCCOC)cn1. The topological polar surface area (TPSA) is 63.4 Å². The Balaban J connectivity index is 1.90. The zero-order valence-corrected chi connectivity index (χ0v) is 12.6. The third kappa shape index (κ3) is 4.84. The highest BCUT2D eigenvalue weighted by Crippen LogP contribution is 2.12. The van der Waals surface area contributed by atoms with Gasteiger partial charge >= 0.3 is 0 Å². The van der Waals surface area contributed by atoms with Crippen molar-refractivity contribution in [1.82, 2.24) is 15.3 Å². The minimum absolute atomic E-state index is 0.676. The van der Waals surface area contributed by atoms with Crippen LogP contribution in [0.5, 0.6) is 0 Å². The smallest absolute Gasteiger partial charge is 0.225 e. The molecule has 0 aliphatic rings. The Kier molecular flexibility index (Phi) is 6.18. The lowest BCUT2D eigenvalue weighted by Gasteiger charge is -2.19. The first kappa shape index (κ1) is 15.5. The van der Waals surface area contributed by atoms with Crippen molar-refractivity contribution in [2.75, 3.05) is 31.7 Å². The van der Waals surface area contributed by atoms with Crippen LogP contribution >= 0.6 is 0 Å². The van der Waals surface area contributed by atoms with Crippen LogP contribution in [0.15, 0.2) is 35.2 Å². The first-order chi connectivity index (χ1) is 10.3. The van der Waals surface area contributed by atoms with Gasteiger partial charge in [-0.05, 0) is 19.1 Å². The third-order valence-electron chi connectivity index (χ3n) is 3.10. The highest BCUT2D eigenvalue weighted by atomic mass is 16.5. The zero-order chi connectivity index (χ0) is 14.9. The number of nitrogens with zero attached hydrogens (tertiary/aromatic N) is 3. The van der Waals surface area contributed by atoms with E-state index in [-0.39, 0.29) is 0 Å². The van der Waals surface area contributed by atoms with Crippen molar-refractivity contribution in [2.24, 2.45) is 0 Å². The lowest BCUT2D eigenvalue weighted by molar-refractivity contribution is 0.199. The molecule has 2 heterocycles. The molecule has 114 valence electrons. The standard InChI is InChI=1S/C15H22N4O2/c1-3-19(12-14-5-4-7-21-14)15-17-10-13(11-18-15)9-16-6-8-20-2/h4-5,7,10-11,16H,3,6,8-9,12H2,1-2H3. The van der Waals surface area contributed by atoms with E-state index in [0.717, 1.165) is 36.9 Å². The van der Waals surface area contributed by atoms with Gasteiger partial charge in [-0.3, -0.25) is 0 Å². The van der Waals surface area contributed by atoms with Crippen LogP contribution in [0, 0.1) is 0 Å². The predicted octanol–water partition coefficient (Wildman–Crippen LogP) is 1.83. The molecule has 0 saturated heterocycles. The molecule has 6 nitrogen and oxygen atoms in total. The molecule has 0 radical (unpaired) electrons. The van der Waals surface area contributed by atoms with E-state index in [0.29, 0.717) is 13.2 Å². The van der Waals surface area contributed by atoms with Crippen LogP contribution in [-0.2, 0) is 17.8 Å². The number of anilines is 1. The van der Waals surface area contributed by atoms with Crippen molar-refractivity contribution >= 4 is 5.95 Å². The van der Waals surface area contributed by atoms with E-state index < -0.39 is 0 Å². The summed E-state index contributed by atoms with van der Waals surface area (Å²) in [6.07, 6.45) is 5.39. The summed E-state index contributed by atoms with van der Waals surface area (Å²) in [4.78, 5) is 10.9. The zero-order valence-electron chi connectivity index (χ0n) is 12.6. The number of rotatable bonds is 9. The second-order valence-corrected chi connectivity index (χ2v) is 4.65. The molecule has 0 unspecified atom stereocenters. The summed E-state index contributed by atoms with van der Waals surface area (Å²) >= 11 is 0. The van der Waals surface area contributed by atoms with E-state index in [9.17, 15) is 0 Å². The Morgan fingerprint density at radius 1 is 1.33 bits per heavy atom. The van der Waals surface area contributed by atoms with Crippen LogP contribution in [0.2, 0.25) is 0 Å². The Hall–Kier alpha value is -1.92. The van der Waals surface area contributed by atoms with Crippen molar-refractivity contribution in [3.8, 4) is 0 Å². The lowest BCUT2D eigenvalue weighted by atomic mass is 10.3. The maximum atomic E-state index is 5.37. The van der Waals surface area contributed by atoms with Gasteiger partial charge in [-0.1, -0.05) is 0 Å². The molecule has 0 fully saturated rings. The summed E-state index contributed by atoms with van der Waals surface area (Å²) in [7, 11) is 1.69. The van der Waals surface area contributed by atoms with Gasteiger partial charge in [-0.25, -0.2) is 9.97 Å². The second-order valence-electron chi connectivity index (χ2n) is 4.65. The molecule has 0 amide bonds. The van der Waals surface area contributed by atoms with Crippen molar-refractivity contribution in [3.63, 3.8) is 0 Å². The number of furan rings is 1. The number of methoxy groups -OCH3 is 1. The highest BCUT2D eigenvalue weighted by molar-refractivity contribution is 5.30. The van der Waals surface area contributed by atoms with Gasteiger partial charge < -0.3 is 19.4 Å².